The first kappa shape index (κ1) is 18.5. The van der Waals surface area contributed by atoms with Crippen LogP contribution in [0.5, 0.6) is 0 Å². The Balaban J connectivity index is 1.31. The van der Waals surface area contributed by atoms with Crippen LogP contribution >= 0.6 is 0 Å². The molecule has 0 bridgehead atoms. The number of fused-ring (bicyclic) bond motifs is 3. The molecule has 0 spiro atoms. The van der Waals surface area contributed by atoms with Gasteiger partial charge in [-0.2, -0.15) is 0 Å². The number of pyridine rings is 1. The number of hydrogen-bond acceptors (Lipinski definition) is 7. The van der Waals surface area contributed by atoms with Gasteiger partial charge in [0.2, 0.25) is 5.95 Å². The molecule has 1 aliphatic carbocycles. The van der Waals surface area contributed by atoms with Crippen molar-refractivity contribution in [1.29, 1.82) is 0 Å². The van der Waals surface area contributed by atoms with Crippen LogP contribution in [0.2, 0.25) is 0 Å². The smallest absolute Gasteiger partial charge is 0.228 e. The number of morpholine rings is 1. The molecule has 0 unspecified atom stereocenters. The number of nitrogens with one attached hydrogen (secondary N) is 1. The lowest BCUT2D eigenvalue weighted by molar-refractivity contribution is 0.122. The summed E-state index contributed by atoms with van der Waals surface area (Å²) >= 11 is 0. The van der Waals surface area contributed by atoms with Gasteiger partial charge in [0.25, 0.3) is 0 Å². The molecule has 3 aromatic heterocycles. The molecular formula is C23H25N7O. The number of hydrogen-bond donors (Lipinski definition) is 1. The molecule has 2 fully saturated rings. The molecule has 4 heterocycles. The Labute approximate surface area is 180 Å². The van der Waals surface area contributed by atoms with Crippen LogP contribution in [0, 0.1) is 0 Å². The highest BCUT2D eigenvalue weighted by molar-refractivity contribution is 6.02. The normalized spacial score (nSPS) is 17.6. The lowest BCUT2D eigenvalue weighted by Crippen LogP contribution is -2.36. The van der Waals surface area contributed by atoms with E-state index in [1.54, 1.807) is 0 Å². The summed E-state index contributed by atoms with van der Waals surface area (Å²) in [5.41, 5.74) is 4.13. The van der Waals surface area contributed by atoms with Crippen molar-refractivity contribution < 1.29 is 4.74 Å². The average Bonchev–Trinajstić information content (AvgIpc) is 3.50. The maximum atomic E-state index is 5.43. The Morgan fingerprint density at radius 2 is 1.81 bits per heavy atom. The van der Waals surface area contributed by atoms with Crippen molar-refractivity contribution in [1.82, 2.24) is 24.5 Å². The van der Waals surface area contributed by atoms with Crippen LogP contribution < -0.4 is 10.2 Å². The fourth-order valence-electron chi connectivity index (χ4n) is 4.72. The van der Waals surface area contributed by atoms with Gasteiger partial charge in [0.15, 0.2) is 0 Å². The quantitative estimate of drug-likeness (QED) is 0.538. The van der Waals surface area contributed by atoms with Crippen molar-refractivity contribution in [3.05, 3.63) is 43.0 Å². The Bertz CT molecular complexity index is 1210. The van der Waals surface area contributed by atoms with Gasteiger partial charge in [0.1, 0.15) is 11.3 Å². The summed E-state index contributed by atoms with van der Waals surface area (Å²) in [4.78, 5) is 20.9. The van der Waals surface area contributed by atoms with E-state index in [9.17, 15) is 0 Å². The summed E-state index contributed by atoms with van der Waals surface area (Å²) in [5.74, 6) is 1.28. The Kier molecular flexibility index (Phi) is 4.64. The number of aromatic nitrogens is 5. The lowest BCUT2D eigenvalue weighted by Gasteiger charge is -2.28. The Morgan fingerprint density at radius 3 is 2.61 bits per heavy atom. The topological polar surface area (TPSA) is 81.0 Å². The molecule has 1 saturated heterocycles. The van der Waals surface area contributed by atoms with Crippen molar-refractivity contribution in [3.63, 3.8) is 0 Å². The van der Waals surface area contributed by atoms with Crippen LogP contribution in [0.4, 0.5) is 17.5 Å². The third kappa shape index (κ3) is 3.46. The predicted octanol–water partition coefficient (Wildman–Crippen LogP) is 4.07. The van der Waals surface area contributed by atoms with Gasteiger partial charge in [-0.25, -0.2) is 19.9 Å². The molecule has 4 aromatic rings. The van der Waals surface area contributed by atoms with E-state index in [0.29, 0.717) is 12.0 Å². The number of anilines is 3. The summed E-state index contributed by atoms with van der Waals surface area (Å²) in [5, 5.41) is 4.29. The van der Waals surface area contributed by atoms with E-state index in [1.165, 1.54) is 25.7 Å². The van der Waals surface area contributed by atoms with Crippen LogP contribution in [0.25, 0.3) is 21.9 Å². The number of benzene rings is 1. The molecule has 1 aliphatic heterocycles. The molecule has 31 heavy (non-hydrogen) atoms. The van der Waals surface area contributed by atoms with E-state index >= 15 is 0 Å². The molecule has 1 aromatic carbocycles. The largest absolute Gasteiger partial charge is 0.378 e. The van der Waals surface area contributed by atoms with Crippen molar-refractivity contribution in [2.75, 3.05) is 36.5 Å². The summed E-state index contributed by atoms with van der Waals surface area (Å²) in [7, 11) is 0. The van der Waals surface area contributed by atoms with E-state index in [0.717, 1.165) is 59.7 Å². The number of ether oxygens (including phenoxy) is 1. The van der Waals surface area contributed by atoms with E-state index in [1.807, 2.05) is 30.9 Å². The fourth-order valence-corrected chi connectivity index (χ4v) is 4.72. The second-order valence-electron chi connectivity index (χ2n) is 8.28. The molecule has 0 atom stereocenters. The molecule has 158 valence electrons. The molecule has 8 nitrogen and oxygen atoms in total. The summed E-state index contributed by atoms with van der Waals surface area (Å²) in [6, 6.07) is 8.67. The highest BCUT2D eigenvalue weighted by atomic mass is 16.5. The van der Waals surface area contributed by atoms with Crippen LogP contribution in [0.3, 0.4) is 0 Å². The van der Waals surface area contributed by atoms with Crippen LogP contribution in [-0.4, -0.2) is 50.8 Å². The molecule has 1 N–H and O–H groups in total. The molecule has 6 rings (SSSR count). The highest BCUT2D eigenvalue weighted by Crippen LogP contribution is 2.34. The van der Waals surface area contributed by atoms with Crippen LogP contribution in [0.1, 0.15) is 31.7 Å². The molecule has 0 radical (unpaired) electrons. The zero-order chi connectivity index (χ0) is 20.6. The highest BCUT2D eigenvalue weighted by Gasteiger charge is 2.20. The van der Waals surface area contributed by atoms with Gasteiger partial charge in [-0.05, 0) is 37.1 Å². The summed E-state index contributed by atoms with van der Waals surface area (Å²) in [6.07, 6.45) is 10.7. The van der Waals surface area contributed by atoms with Crippen LogP contribution in [0.15, 0.2) is 43.0 Å². The number of imidazole rings is 1. The third-order valence-corrected chi connectivity index (χ3v) is 6.37. The van der Waals surface area contributed by atoms with Gasteiger partial charge in [-0.3, -0.25) is 0 Å². The van der Waals surface area contributed by atoms with Crippen molar-refractivity contribution in [2.45, 2.75) is 31.7 Å². The van der Waals surface area contributed by atoms with Gasteiger partial charge in [-0.1, -0.05) is 12.8 Å². The van der Waals surface area contributed by atoms with Crippen molar-refractivity contribution >= 4 is 39.4 Å². The Hall–Kier alpha value is -3.26. The fraction of sp³-hybridized carbons (Fsp3) is 0.391. The van der Waals surface area contributed by atoms with Gasteiger partial charge in [0.05, 0.1) is 42.5 Å². The lowest BCUT2D eigenvalue weighted by atomic mass is 10.2. The van der Waals surface area contributed by atoms with E-state index < -0.39 is 0 Å². The van der Waals surface area contributed by atoms with Gasteiger partial charge in [-0.15, -0.1) is 0 Å². The van der Waals surface area contributed by atoms with Crippen molar-refractivity contribution in [2.24, 2.45) is 0 Å². The average molecular weight is 416 g/mol. The minimum atomic E-state index is 0.511. The molecule has 0 amide bonds. The maximum absolute atomic E-state index is 5.43. The maximum Gasteiger partial charge on any atom is 0.228 e. The third-order valence-electron chi connectivity index (χ3n) is 6.37. The second kappa shape index (κ2) is 7.77. The van der Waals surface area contributed by atoms with Gasteiger partial charge >= 0.3 is 0 Å². The van der Waals surface area contributed by atoms with Crippen molar-refractivity contribution in [3.8, 4) is 0 Å². The van der Waals surface area contributed by atoms with E-state index in [-0.39, 0.29) is 0 Å². The predicted molar refractivity (Wildman–Crippen MR) is 121 cm³/mol. The first-order chi connectivity index (χ1) is 15.3. The zero-order valence-corrected chi connectivity index (χ0v) is 17.4. The summed E-state index contributed by atoms with van der Waals surface area (Å²) in [6.45, 7) is 3.31. The summed E-state index contributed by atoms with van der Waals surface area (Å²) < 4.78 is 7.74. The van der Waals surface area contributed by atoms with Gasteiger partial charge < -0.3 is 19.5 Å². The minimum Gasteiger partial charge on any atom is -0.378 e. The van der Waals surface area contributed by atoms with E-state index in [4.69, 9.17) is 9.72 Å². The first-order valence-electron chi connectivity index (χ1n) is 11.0. The number of rotatable bonds is 4. The van der Waals surface area contributed by atoms with Gasteiger partial charge in [0, 0.05) is 30.7 Å². The monoisotopic (exact) mass is 415 g/mol. The zero-order valence-electron chi connectivity index (χ0n) is 17.4. The minimum absolute atomic E-state index is 0.511. The molecule has 8 heteroatoms. The Morgan fingerprint density at radius 1 is 0.935 bits per heavy atom. The number of nitrogens with zero attached hydrogens (tertiary/aromatic N) is 6. The molecular weight excluding hydrogens is 390 g/mol. The molecule has 2 aliphatic rings. The van der Waals surface area contributed by atoms with E-state index in [2.05, 4.69) is 41.9 Å². The SMILES string of the molecule is c1cc(Nc2ncc3ccc4ncn(C5CCCC5)c4c3n2)ncc1N1CCOCC1. The second-order valence-corrected chi connectivity index (χ2v) is 8.28. The first-order valence-corrected chi connectivity index (χ1v) is 11.0. The standard InChI is InChI=1S/C23H25N7O/c1-2-4-17(3-1)30-15-26-19-7-5-16-13-25-23(28-21(16)22(19)30)27-20-8-6-18(14-24-20)29-9-11-31-12-10-29/h5-8,13-15,17H,1-4,9-12H2,(H,24,25,27,28). The molecule has 1 saturated carbocycles. The van der Waals surface area contributed by atoms with Crippen LogP contribution in [-0.2, 0) is 4.74 Å².